The smallest absolute Gasteiger partial charge is 0.335 e. The quantitative estimate of drug-likeness (QED) is 0.764. The molecule has 1 amide bonds. The van der Waals surface area contributed by atoms with Crippen LogP contribution in [0.4, 0.5) is 5.82 Å². The van der Waals surface area contributed by atoms with Crippen molar-refractivity contribution in [2.24, 2.45) is 0 Å². The summed E-state index contributed by atoms with van der Waals surface area (Å²) in [6, 6.07) is 2.62. The van der Waals surface area contributed by atoms with Crippen LogP contribution in [0.1, 0.15) is 45.6 Å². The molecule has 0 spiro atoms. The number of carbonyl (C=O) groups is 2. The zero-order valence-corrected chi connectivity index (χ0v) is 10.3. The van der Waals surface area contributed by atoms with E-state index in [1.807, 2.05) is 0 Å². The van der Waals surface area contributed by atoms with Gasteiger partial charge in [0.05, 0.1) is 5.56 Å². The highest BCUT2D eigenvalue weighted by atomic mass is 16.4. The van der Waals surface area contributed by atoms with Crippen LogP contribution in [0.15, 0.2) is 18.3 Å². The number of hydrogen-bond acceptors (Lipinski definition) is 5. The Morgan fingerprint density at radius 1 is 1.40 bits per heavy atom. The molecule has 1 aliphatic carbocycles. The van der Waals surface area contributed by atoms with E-state index < -0.39 is 11.9 Å². The lowest BCUT2D eigenvalue weighted by Gasteiger charge is -2.02. The Hall–Kier alpha value is -2.77. The molecule has 20 heavy (non-hydrogen) atoms. The van der Waals surface area contributed by atoms with E-state index >= 15 is 0 Å². The fourth-order valence-corrected chi connectivity index (χ4v) is 1.72. The second-order valence-electron chi connectivity index (χ2n) is 4.51. The summed E-state index contributed by atoms with van der Waals surface area (Å²) < 4.78 is 0. The van der Waals surface area contributed by atoms with Gasteiger partial charge in [0.2, 0.25) is 5.82 Å². The number of aromatic nitrogens is 4. The molecule has 8 heteroatoms. The Bertz CT molecular complexity index is 677. The molecular weight excluding hydrogens is 262 g/mol. The van der Waals surface area contributed by atoms with Gasteiger partial charge in [-0.15, -0.1) is 5.10 Å². The molecule has 0 radical (unpaired) electrons. The monoisotopic (exact) mass is 273 g/mol. The number of carbonyl (C=O) groups excluding carboxylic acids is 1. The molecule has 1 saturated carbocycles. The van der Waals surface area contributed by atoms with Gasteiger partial charge in [0.1, 0.15) is 11.6 Å². The van der Waals surface area contributed by atoms with E-state index in [0.717, 1.165) is 12.8 Å². The van der Waals surface area contributed by atoms with Crippen molar-refractivity contribution in [3.8, 4) is 0 Å². The first kappa shape index (κ1) is 12.3. The van der Waals surface area contributed by atoms with E-state index in [2.05, 4.69) is 25.5 Å². The number of anilines is 1. The third kappa shape index (κ3) is 2.48. The lowest BCUT2D eigenvalue weighted by Crippen LogP contribution is -2.15. The van der Waals surface area contributed by atoms with Gasteiger partial charge < -0.3 is 10.4 Å². The Morgan fingerprint density at radius 3 is 2.90 bits per heavy atom. The van der Waals surface area contributed by atoms with Crippen LogP contribution in [-0.4, -0.2) is 37.1 Å². The number of aromatic carboxylic acids is 1. The van der Waals surface area contributed by atoms with Gasteiger partial charge in [-0.2, -0.15) is 0 Å². The zero-order valence-electron chi connectivity index (χ0n) is 10.3. The fraction of sp³-hybridized carbons (Fsp3) is 0.250. The fourth-order valence-electron chi connectivity index (χ4n) is 1.72. The summed E-state index contributed by atoms with van der Waals surface area (Å²) in [6.45, 7) is 0. The average Bonchev–Trinajstić information content (AvgIpc) is 3.16. The van der Waals surface area contributed by atoms with Crippen LogP contribution in [0.25, 0.3) is 0 Å². The molecule has 8 nitrogen and oxygen atoms in total. The lowest BCUT2D eigenvalue weighted by atomic mass is 10.2. The number of nitrogens with one attached hydrogen (secondary N) is 2. The molecule has 0 aromatic carbocycles. The molecule has 0 unspecified atom stereocenters. The van der Waals surface area contributed by atoms with Crippen molar-refractivity contribution < 1.29 is 14.7 Å². The minimum absolute atomic E-state index is 0.0226. The normalized spacial score (nSPS) is 14.0. The lowest BCUT2D eigenvalue weighted by molar-refractivity contribution is 0.0696. The third-order valence-corrected chi connectivity index (χ3v) is 2.92. The predicted octanol–water partition coefficient (Wildman–Crippen LogP) is 1.03. The molecule has 1 aliphatic rings. The summed E-state index contributed by atoms with van der Waals surface area (Å²) in [4.78, 5) is 30.7. The van der Waals surface area contributed by atoms with E-state index in [4.69, 9.17) is 5.11 Å². The number of carboxylic acids is 1. The molecule has 3 rings (SSSR count). The molecule has 2 heterocycles. The molecular formula is C12H11N5O3. The molecule has 1 fully saturated rings. The maximum Gasteiger partial charge on any atom is 0.335 e. The highest BCUT2D eigenvalue weighted by Crippen LogP contribution is 2.37. The second kappa shape index (κ2) is 4.72. The largest absolute Gasteiger partial charge is 0.478 e. The number of rotatable bonds is 4. The van der Waals surface area contributed by atoms with E-state index in [1.54, 1.807) is 0 Å². The molecule has 0 saturated heterocycles. The summed E-state index contributed by atoms with van der Waals surface area (Å²) >= 11 is 0. The minimum atomic E-state index is -1.09. The number of carboxylic acid groups (broad SMARTS) is 1. The first-order chi connectivity index (χ1) is 9.63. The zero-order chi connectivity index (χ0) is 14.1. The van der Waals surface area contributed by atoms with E-state index in [1.165, 1.54) is 18.3 Å². The van der Waals surface area contributed by atoms with Crippen LogP contribution in [0.2, 0.25) is 0 Å². The number of pyridine rings is 1. The van der Waals surface area contributed by atoms with Crippen molar-refractivity contribution in [2.75, 3.05) is 5.32 Å². The predicted molar refractivity (Wildman–Crippen MR) is 67.5 cm³/mol. The first-order valence-electron chi connectivity index (χ1n) is 6.06. The highest BCUT2D eigenvalue weighted by molar-refractivity contribution is 6.01. The van der Waals surface area contributed by atoms with Crippen molar-refractivity contribution in [2.45, 2.75) is 18.8 Å². The number of nitrogens with zero attached hydrogens (tertiary/aromatic N) is 3. The number of hydrogen-bond donors (Lipinski definition) is 3. The van der Waals surface area contributed by atoms with Crippen molar-refractivity contribution in [1.29, 1.82) is 0 Å². The Labute approximate surface area is 113 Å². The first-order valence-corrected chi connectivity index (χ1v) is 6.06. The minimum Gasteiger partial charge on any atom is -0.478 e. The third-order valence-electron chi connectivity index (χ3n) is 2.92. The maximum atomic E-state index is 11.9. The van der Waals surface area contributed by atoms with Crippen LogP contribution in [0.5, 0.6) is 0 Å². The number of amides is 1. The Balaban J connectivity index is 1.74. The molecule has 102 valence electrons. The average molecular weight is 273 g/mol. The van der Waals surface area contributed by atoms with Crippen molar-refractivity contribution in [3.63, 3.8) is 0 Å². The highest BCUT2D eigenvalue weighted by Gasteiger charge is 2.28. The van der Waals surface area contributed by atoms with Crippen molar-refractivity contribution in [1.82, 2.24) is 20.2 Å². The second-order valence-corrected chi connectivity index (χ2v) is 4.51. The van der Waals surface area contributed by atoms with Gasteiger partial charge in [-0.3, -0.25) is 9.89 Å². The van der Waals surface area contributed by atoms with Gasteiger partial charge >= 0.3 is 5.97 Å². The van der Waals surface area contributed by atoms with Gasteiger partial charge in [0.25, 0.3) is 5.91 Å². The SMILES string of the molecule is O=C(O)c1ccnc(NC(=O)c2n[nH]c(C3CC3)n2)c1. The summed E-state index contributed by atoms with van der Waals surface area (Å²) in [7, 11) is 0. The number of aromatic amines is 1. The van der Waals surface area contributed by atoms with Crippen molar-refractivity contribution >= 4 is 17.7 Å². The molecule has 0 bridgehead atoms. The number of H-pyrrole nitrogens is 1. The van der Waals surface area contributed by atoms with Gasteiger partial charge in [0.15, 0.2) is 0 Å². The molecule has 0 aliphatic heterocycles. The van der Waals surface area contributed by atoms with Gasteiger partial charge in [-0.05, 0) is 25.0 Å². The van der Waals surface area contributed by atoms with Gasteiger partial charge in [0, 0.05) is 12.1 Å². The van der Waals surface area contributed by atoms with E-state index in [0.29, 0.717) is 11.7 Å². The molecule has 0 atom stereocenters. The Kier molecular flexibility index (Phi) is 2.90. The molecule has 2 aromatic heterocycles. The van der Waals surface area contributed by atoms with E-state index in [-0.39, 0.29) is 17.2 Å². The summed E-state index contributed by atoms with van der Waals surface area (Å²) in [5.41, 5.74) is 0.0453. The molecule has 3 N–H and O–H groups in total. The topological polar surface area (TPSA) is 121 Å². The van der Waals surface area contributed by atoms with Crippen molar-refractivity contribution in [3.05, 3.63) is 35.5 Å². The molecule has 2 aromatic rings. The Morgan fingerprint density at radius 2 is 2.20 bits per heavy atom. The van der Waals surface area contributed by atoms with E-state index in [9.17, 15) is 9.59 Å². The van der Waals surface area contributed by atoms with Gasteiger partial charge in [-0.1, -0.05) is 0 Å². The maximum absolute atomic E-state index is 11.9. The van der Waals surface area contributed by atoms with Crippen LogP contribution in [0.3, 0.4) is 0 Å². The van der Waals surface area contributed by atoms with Crippen LogP contribution >= 0.6 is 0 Å². The summed E-state index contributed by atoms with van der Waals surface area (Å²) in [5.74, 6) is -0.359. The van der Waals surface area contributed by atoms with Crippen LogP contribution in [-0.2, 0) is 0 Å². The summed E-state index contributed by atoms with van der Waals surface area (Å²) in [5, 5.41) is 17.9. The summed E-state index contributed by atoms with van der Waals surface area (Å²) in [6.07, 6.45) is 3.42. The van der Waals surface area contributed by atoms with Crippen LogP contribution < -0.4 is 5.32 Å². The van der Waals surface area contributed by atoms with Gasteiger partial charge in [-0.25, -0.2) is 14.8 Å². The van der Waals surface area contributed by atoms with Crippen LogP contribution in [0, 0.1) is 0 Å². The standard InChI is InChI=1S/C12H11N5O3/c18-11(10-15-9(16-17-10)6-1-2-6)14-8-5-7(12(19)20)3-4-13-8/h3-6H,1-2H2,(H,19,20)(H,13,14,18)(H,15,16,17).